The molecular weight excluding hydrogens is 239 g/mol. The third-order valence-electron chi connectivity index (χ3n) is 1.53. The molecule has 0 aliphatic rings. The maximum absolute atomic E-state index is 12.8. The van der Waals surface area contributed by atoms with Gasteiger partial charge in [-0.1, -0.05) is 33.1 Å². The molecule has 0 aliphatic heterocycles. The number of hydrogen-bond acceptors (Lipinski definition) is 0. The number of alkyl halides is 1. The molecule has 0 aliphatic carbocycles. The van der Waals surface area contributed by atoms with Crippen molar-refractivity contribution < 1.29 is 22.0 Å². The Kier molecular flexibility index (Phi) is 10.4. The molecular formula is C12H15F5. The van der Waals surface area contributed by atoms with Gasteiger partial charge in [0.15, 0.2) is 11.7 Å². The van der Waals surface area contributed by atoms with Crippen molar-refractivity contribution in [2.75, 3.05) is 6.67 Å². The molecule has 0 nitrogen and oxygen atoms in total. The number of rotatable bonds is 5. The van der Waals surface area contributed by atoms with Crippen molar-refractivity contribution in [3.63, 3.8) is 0 Å². The molecule has 17 heavy (non-hydrogen) atoms. The van der Waals surface area contributed by atoms with Crippen LogP contribution in [0.25, 0.3) is 0 Å². The van der Waals surface area contributed by atoms with Crippen molar-refractivity contribution in [2.45, 2.75) is 20.3 Å². The Bertz CT molecular complexity index is 326. The van der Waals surface area contributed by atoms with Gasteiger partial charge in [0.25, 0.3) is 0 Å². The lowest BCUT2D eigenvalue weighted by atomic mass is 10.1. The van der Waals surface area contributed by atoms with Crippen LogP contribution in [0.2, 0.25) is 0 Å². The summed E-state index contributed by atoms with van der Waals surface area (Å²) < 4.78 is 61.9. The second-order valence-electron chi connectivity index (χ2n) is 2.57. The fraction of sp³-hybridized carbons (Fsp3) is 0.333. The van der Waals surface area contributed by atoms with Crippen LogP contribution < -0.4 is 0 Å². The first kappa shape index (κ1) is 18.0. The molecule has 0 aromatic carbocycles. The summed E-state index contributed by atoms with van der Waals surface area (Å²) in [5.41, 5.74) is -0.466. The molecule has 0 aromatic heterocycles. The van der Waals surface area contributed by atoms with Crippen LogP contribution in [0.4, 0.5) is 22.0 Å². The van der Waals surface area contributed by atoms with E-state index in [9.17, 15) is 22.0 Å². The average molecular weight is 254 g/mol. The largest absolute Gasteiger partial charge is 0.243 e. The highest BCUT2D eigenvalue weighted by Gasteiger charge is 2.13. The van der Waals surface area contributed by atoms with E-state index in [2.05, 4.69) is 13.2 Å². The molecule has 0 saturated heterocycles. The van der Waals surface area contributed by atoms with Gasteiger partial charge in [0.1, 0.15) is 18.3 Å². The summed E-state index contributed by atoms with van der Waals surface area (Å²) in [6.45, 7) is 8.17. The Morgan fingerprint density at radius 1 is 1.06 bits per heavy atom. The summed E-state index contributed by atoms with van der Waals surface area (Å²) in [5, 5.41) is 0. The zero-order chi connectivity index (χ0) is 14.0. The third-order valence-corrected chi connectivity index (χ3v) is 1.53. The van der Waals surface area contributed by atoms with Crippen molar-refractivity contribution >= 4 is 0 Å². The summed E-state index contributed by atoms with van der Waals surface area (Å²) in [6.07, 6.45) is -0.0587. The highest BCUT2D eigenvalue weighted by molar-refractivity contribution is 5.29. The van der Waals surface area contributed by atoms with E-state index in [4.69, 9.17) is 0 Å². The van der Waals surface area contributed by atoms with Gasteiger partial charge in [-0.05, 0) is 5.57 Å². The second-order valence-corrected chi connectivity index (χ2v) is 2.57. The molecule has 0 spiro atoms. The summed E-state index contributed by atoms with van der Waals surface area (Å²) in [4.78, 5) is 0. The predicted molar refractivity (Wildman–Crippen MR) is 59.8 cm³/mol. The summed E-state index contributed by atoms with van der Waals surface area (Å²) >= 11 is 0. The summed E-state index contributed by atoms with van der Waals surface area (Å²) in [5.74, 6) is -6.23. The van der Waals surface area contributed by atoms with Gasteiger partial charge in [0, 0.05) is 6.42 Å². The molecule has 0 amide bonds. The SMILES string of the molecule is C=C/C(C/C(F)=C(/F)C(=C)F)=C(\F)CF.CC. The lowest BCUT2D eigenvalue weighted by molar-refractivity contribution is 0.448. The Hall–Kier alpha value is -1.39. The minimum Gasteiger partial charge on any atom is -0.243 e. The second kappa shape index (κ2) is 9.81. The molecule has 0 radical (unpaired) electrons. The minimum absolute atomic E-state index is 0.466. The quantitative estimate of drug-likeness (QED) is 0.454. The highest BCUT2D eigenvalue weighted by atomic mass is 19.2. The van der Waals surface area contributed by atoms with Crippen LogP contribution in [-0.4, -0.2) is 6.67 Å². The van der Waals surface area contributed by atoms with Crippen molar-refractivity contribution in [1.82, 2.24) is 0 Å². The maximum atomic E-state index is 12.8. The highest BCUT2D eigenvalue weighted by Crippen LogP contribution is 2.25. The van der Waals surface area contributed by atoms with E-state index >= 15 is 0 Å². The lowest BCUT2D eigenvalue weighted by Crippen LogP contribution is -1.90. The topological polar surface area (TPSA) is 0 Å². The zero-order valence-corrected chi connectivity index (χ0v) is 9.80. The van der Waals surface area contributed by atoms with Gasteiger partial charge in [-0.25, -0.2) is 22.0 Å². The van der Waals surface area contributed by atoms with Crippen LogP contribution in [0.1, 0.15) is 20.3 Å². The molecule has 0 atom stereocenters. The van der Waals surface area contributed by atoms with Gasteiger partial charge >= 0.3 is 0 Å². The standard InChI is InChI=1S/C10H9F5.C2H6/c1-3-7(9(14)5-11)4-8(13)10(15)6(2)12;1-2/h3H,1-2,4-5H2;1-2H3/b9-7+,10-8-;. The normalized spacial score (nSPS) is 12.9. The van der Waals surface area contributed by atoms with Crippen LogP contribution >= 0.6 is 0 Å². The molecule has 0 saturated carbocycles. The monoisotopic (exact) mass is 254 g/mol. The van der Waals surface area contributed by atoms with Crippen LogP contribution in [-0.2, 0) is 0 Å². The first-order chi connectivity index (χ1) is 7.93. The van der Waals surface area contributed by atoms with Crippen molar-refractivity contribution in [1.29, 1.82) is 0 Å². The first-order valence-electron chi connectivity index (χ1n) is 4.88. The van der Waals surface area contributed by atoms with Crippen molar-refractivity contribution in [3.05, 3.63) is 48.1 Å². The molecule has 0 aromatic rings. The van der Waals surface area contributed by atoms with Crippen molar-refractivity contribution in [2.24, 2.45) is 0 Å². The van der Waals surface area contributed by atoms with Gasteiger partial charge in [0.2, 0.25) is 0 Å². The van der Waals surface area contributed by atoms with E-state index in [1.807, 2.05) is 13.8 Å². The number of halogens is 5. The van der Waals surface area contributed by atoms with Gasteiger partial charge in [0.05, 0.1) is 0 Å². The first-order valence-corrected chi connectivity index (χ1v) is 4.88. The Labute approximate surface area is 97.8 Å². The smallest absolute Gasteiger partial charge is 0.189 e. The van der Waals surface area contributed by atoms with E-state index in [-0.39, 0.29) is 0 Å². The predicted octanol–water partition coefficient (Wildman–Crippen LogP) is 5.42. The van der Waals surface area contributed by atoms with E-state index in [1.54, 1.807) is 0 Å². The molecule has 5 heteroatoms. The van der Waals surface area contributed by atoms with Gasteiger partial charge in [-0.2, -0.15) is 0 Å². The molecule has 0 rings (SSSR count). The van der Waals surface area contributed by atoms with Crippen molar-refractivity contribution in [3.8, 4) is 0 Å². The average Bonchev–Trinajstić information content (AvgIpc) is 2.35. The number of hydrogen-bond donors (Lipinski definition) is 0. The van der Waals surface area contributed by atoms with Crippen LogP contribution in [0.5, 0.6) is 0 Å². The van der Waals surface area contributed by atoms with Gasteiger partial charge in [-0.3, -0.25) is 0 Å². The Morgan fingerprint density at radius 3 is 1.82 bits per heavy atom. The summed E-state index contributed by atoms with van der Waals surface area (Å²) in [7, 11) is 0. The summed E-state index contributed by atoms with van der Waals surface area (Å²) in [6, 6.07) is 0. The maximum Gasteiger partial charge on any atom is 0.189 e. The molecule has 0 heterocycles. The molecule has 0 N–H and O–H groups in total. The molecule has 0 unspecified atom stereocenters. The van der Waals surface area contributed by atoms with Gasteiger partial charge < -0.3 is 0 Å². The Morgan fingerprint density at radius 2 is 1.53 bits per heavy atom. The molecule has 0 bridgehead atoms. The van der Waals surface area contributed by atoms with Gasteiger partial charge in [-0.15, -0.1) is 0 Å². The fourth-order valence-corrected chi connectivity index (χ4v) is 0.757. The fourth-order valence-electron chi connectivity index (χ4n) is 0.757. The van der Waals surface area contributed by atoms with E-state index in [1.165, 1.54) is 0 Å². The zero-order valence-electron chi connectivity index (χ0n) is 9.80. The van der Waals surface area contributed by atoms with E-state index in [0.29, 0.717) is 0 Å². The molecule has 0 fully saturated rings. The van der Waals surface area contributed by atoms with E-state index in [0.717, 1.165) is 6.08 Å². The van der Waals surface area contributed by atoms with Crippen LogP contribution in [0, 0.1) is 0 Å². The van der Waals surface area contributed by atoms with Crippen LogP contribution in [0.3, 0.4) is 0 Å². The minimum atomic E-state index is -1.80. The third kappa shape index (κ3) is 6.71. The number of allylic oxidation sites excluding steroid dienone is 6. The lowest BCUT2D eigenvalue weighted by Gasteiger charge is -2.02. The van der Waals surface area contributed by atoms with Crippen LogP contribution in [0.15, 0.2) is 48.1 Å². The molecule has 98 valence electrons. The van der Waals surface area contributed by atoms with E-state index < -0.39 is 42.0 Å². The Balaban J connectivity index is 0.